The number of anilines is 1. The molecule has 9 heteroatoms. The molecule has 0 saturated heterocycles. The zero-order valence-electron chi connectivity index (χ0n) is 18.4. The maximum absolute atomic E-state index is 12.4. The Morgan fingerprint density at radius 2 is 1.84 bits per heavy atom. The van der Waals surface area contributed by atoms with Crippen molar-refractivity contribution >= 4 is 33.4 Å². The Labute approximate surface area is 189 Å². The minimum atomic E-state index is -3.66. The molecule has 7 nitrogen and oxygen atoms in total. The van der Waals surface area contributed by atoms with Gasteiger partial charge in [0.05, 0.1) is 26.2 Å². The van der Waals surface area contributed by atoms with E-state index in [4.69, 9.17) is 9.47 Å². The van der Waals surface area contributed by atoms with Crippen LogP contribution in [0.4, 0.5) is 5.69 Å². The van der Waals surface area contributed by atoms with E-state index < -0.39 is 10.0 Å². The number of benzene rings is 2. The Kier molecular flexibility index (Phi) is 9.51. The van der Waals surface area contributed by atoms with Crippen molar-refractivity contribution in [3.05, 3.63) is 53.6 Å². The summed E-state index contributed by atoms with van der Waals surface area (Å²) in [5.74, 6) is 2.34. The fraction of sp³-hybridized carbons (Fsp3) is 0.409. The lowest BCUT2D eigenvalue weighted by Gasteiger charge is -2.23. The first-order valence-electron chi connectivity index (χ1n) is 9.84. The SMILES string of the molecule is COc1ccc(N(CC(=O)NCCCSCc2cccc(C)c2)S(C)(=O)=O)cc1OC. The van der Waals surface area contributed by atoms with Gasteiger partial charge in [-0.25, -0.2) is 8.42 Å². The van der Waals surface area contributed by atoms with Gasteiger partial charge in [0.25, 0.3) is 0 Å². The van der Waals surface area contributed by atoms with E-state index >= 15 is 0 Å². The molecule has 2 aromatic carbocycles. The van der Waals surface area contributed by atoms with E-state index in [1.54, 1.807) is 23.9 Å². The highest BCUT2D eigenvalue weighted by Crippen LogP contribution is 2.32. The molecule has 0 saturated carbocycles. The number of carbonyl (C=O) groups is 1. The lowest BCUT2D eigenvalue weighted by atomic mass is 10.2. The summed E-state index contributed by atoms with van der Waals surface area (Å²) in [4.78, 5) is 12.4. The van der Waals surface area contributed by atoms with Crippen LogP contribution in [-0.2, 0) is 20.6 Å². The summed E-state index contributed by atoms with van der Waals surface area (Å²) >= 11 is 1.81. The molecule has 0 bridgehead atoms. The number of rotatable bonds is 12. The van der Waals surface area contributed by atoms with Crippen LogP contribution >= 0.6 is 11.8 Å². The molecule has 0 spiro atoms. The Morgan fingerprint density at radius 1 is 1.10 bits per heavy atom. The minimum absolute atomic E-state index is 0.301. The first kappa shape index (κ1) is 24.9. The van der Waals surface area contributed by atoms with Crippen molar-refractivity contribution in [2.75, 3.05) is 43.6 Å². The number of hydrogen-bond acceptors (Lipinski definition) is 6. The van der Waals surface area contributed by atoms with Crippen molar-refractivity contribution in [2.45, 2.75) is 19.1 Å². The van der Waals surface area contributed by atoms with Gasteiger partial charge in [0, 0.05) is 18.4 Å². The molecular weight excluding hydrogens is 436 g/mol. The molecule has 0 fully saturated rings. The normalized spacial score (nSPS) is 11.1. The van der Waals surface area contributed by atoms with Crippen LogP contribution in [0.3, 0.4) is 0 Å². The van der Waals surface area contributed by atoms with E-state index in [0.29, 0.717) is 23.7 Å². The number of methoxy groups -OCH3 is 2. The number of aryl methyl sites for hydroxylation is 1. The van der Waals surface area contributed by atoms with Crippen molar-refractivity contribution in [1.29, 1.82) is 0 Å². The number of ether oxygens (including phenoxy) is 2. The molecule has 1 amide bonds. The largest absolute Gasteiger partial charge is 0.493 e. The summed E-state index contributed by atoms with van der Waals surface area (Å²) in [7, 11) is -0.692. The quantitative estimate of drug-likeness (QED) is 0.484. The van der Waals surface area contributed by atoms with Crippen molar-refractivity contribution in [1.82, 2.24) is 5.32 Å². The molecule has 0 radical (unpaired) electrons. The summed E-state index contributed by atoms with van der Waals surface area (Å²) in [6.45, 7) is 2.26. The van der Waals surface area contributed by atoms with Gasteiger partial charge in [-0.3, -0.25) is 9.10 Å². The molecule has 31 heavy (non-hydrogen) atoms. The third kappa shape index (κ3) is 7.99. The van der Waals surface area contributed by atoms with Gasteiger partial charge in [-0.2, -0.15) is 11.8 Å². The van der Waals surface area contributed by atoms with E-state index in [1.807, 2.05) is 0 Å². The van der Waals surface area contributed by atoms with Crippen LogP contribution in [0.5, 0.6) is 11.5 Å². The van der Waals surface area contributed by atoms with Gasteiger partial charge < -0.3 is 14.8 Å². The van der Waals surface area contributed by atoms with Crippen LogP contribution in [0, 0.1) is 6.92 Å². The molecule has 0 aliphatic carbocycles. The fourth-order valence-corrected chi connectivity index (χ4v) is 4.72. The Bertz CT molecular complexity index is 980. The maximum atomic E-state index is 12.4. The Morgan fingerprint density at radius 3 is 2.48 bits per heavy atom. The fourth-order valence-electron chi connectivity index (χ4n) is 2.96. The van der Waals surface area contributed by atoms with Crippen molar-refractivity contribution < 1.29 is 22.7 Å². The number of carbonyl (C=O) groups excluding carboxylic acids is 1. The van der Waals surface area contributed by atoms with Gasteiger partial charge in [0.15, 0.2) is 11.5 Å². The van der Waals surface area contributed by atoms with Crippen LogP contribution in [0.25, 0.3) is 0 Å². The summed E-state index contributed by atoms with van der Waals surface area (Å²) < 4.78 is 36.0. The predicted molar refractivity (Wildman–Crippen MR) is 127 cm³/mol. The maximum Gasteiger partial charge on any atom is 0.240 e. The minimum Gasteiger partial charge on any atom is -0.493 e. The van der Waals surface area contributed by atoms with Crippen LogP contribution in [0.1, 0.15) is 17.5 Å². The number of nitrogens with one attached hydrogen (secondary N) is 1. The lowest BCUT2D eigenvalue weighted by Crippen LogP contribution is -2.40. The third-order valence-corrected chi connectivity index (χ3v) is 6.74. The van der Waals surface area contributed by atoms with Crippen molar-refractivity contribution in [2.24, 2.45) is 0 Å². The zero-order chi connectivity index (χ0) is 22.9. The van der Waals surface area contributed by atoms with Crippen molar-refractivity contribution in [3.8, 4) is 11.5 Å². The highest BCUT2D eigenvalue weighted by atomic mass is 32.2. The van der Waals surface area contributed by atoms with Crippen LogP contribution in [0.15, 0.2) is 42.5 Å². The topological polar surface area (TPSA) is 84.9 Å². The van der Waals surface area contributed by atoms with Crippen LogP contribution < -0.4 is 19.1 Å². The predicted octanol–water partition coefficient (Wildman–Crippen LogP) is 3.22. The Hall–Kier alpha value is -2.39. The van der Waals surface area contributed by atoms with Gasteiger partial charge in [0.1, 0.15) is 6.54 Å². The van der Waals surface area contributed by atoms with Crippen molar-refractivity contribution in [3.63, 3.8) is 0 Å². The average molecular weight is 467 g/mol. The lowest BCUT2D eigenvalue weighted by molar-refractivity contribution is -0.119. The monoisotopic (exact) mass is 466 g/mol. The van der Waals surface area contributed by atoms with Gasteiger partial charge in [-0.1, -0.05) is 29.8 Å². The molecule has 0 aromatic heterocycles. The second-order valence-electron chi connectivity index (χ2n) is 7.05. The standard InChI is InChI=1S/C22H30N2O5S2/c1-17-7-5-8-18(13-17)16-30-12-6-11-23-22(25)15-24(31(4,26)27)19-9-10-20(28-2)21(14-19)29-3/h5,7-10,13-14H,6,11-12,15-16H2,1-4H3,(H,23,25). The highest BCUT2D eigenvalue weighted by Gasteiger charge is 2.22. The summed E-state index contributed by atoms with van der Waals surface area (Å²) in [6.07, 6.45) is 1.87. The van der Waals surface area contributed by atoms with Gasteiger partial charge in [0.2, 0.25) is 15.9 Å². The summed E-state index contributed by atoms with van der Waals surface area (Å²) in [5, 5.41) is 2.80. The second kappa shape index (κ2) is 11.9. The smallest absolute Gasteiger partial charge is 0.240 e. The van der Waals surface area contributed by atoms with E-state index in [9.17, 15) is 13.2 Å². The molecule has 0 aliphatic heterocycles. The first-order valence-corrected chi connectivity index (χ1v) is 12.8. The molecule has 0 aliphatic rings. The molecule has 2 rings (SSSR count). The Balaban J connectivity index is 1.85. The van der Waals surface area contributed by atoms with Gasteiger partial charge >= 0.3 is 0 Å². The van der Waals surface area contributed by atoms with Crippen LogP contribution in [-0.4, -0.2) is 53.6 Å². The summed E-state index contributed by atoms with van der Waals surface area (Å²) in [6, 6.07) is 13.1. The molecule has 0 heterocycles. The number of nitrogens with zero attached hydrogens (tertiary/aromatic N) is 1. The van der Waals surface area contributed by atoms with Gasteiger partial charge in [-0.05, 0) is 36.8 Å². The summed E-state index contributed by atoms with van der Waals surface area (Å²) in [5.41, 5.74) is 2.87. The number of hydrogen-bond donors (Lipinski definition) is 1. The molecule has 2 aromatic rings. The van der Waals surface area contributed by atoms with E-state index in [-0.39, 0.29) is 12.5 Å². The second-order valence-corrected chi connectivity index (χ2v) is 10.1. The molecule has 1 N–H and O–H groups in total. The molecule has 0 unspecified atom stereocenters. The number of amides is 1. The zero-order valence-corrected chi connectivity index (χ0v) is 20.0. The third-order valence-electron chi connectivity index (χ3n) is 4.48. The van der Waals surface area contributed by atoms with E-state index in [0.717, 1.165) is 28.5 Å². The number of sulfonamides is 1. The van der Waals surface area contributed by atoms with Crippen LogP contribution in [0.2, 0.25) is 0 Å². The van der Waals surface area contributed by atoms with E-state index in [2.05, 4.69) is 36.5 Å². The molecule has 170 valence electrons. The van der Waals surface area contributed by atoms with Gasteiger partial charge in [-0.15, -0.1) is 0 Å². The molecular formula is C22H30N2O5S2. The van der Waals surface area contributed by atoms with E-state index in [1.165, 1.54) is 31.4 Å². The first-order chi connectivity index (χ1) is 14.7. The highest BCUT2D eigenvalue weighted by molar-refractivity contribution is 7.98. The molecule has 0 atom stereocenters. The average Bonchev–Trinajstić information content (AvgIpc) is 2.73. The number of thioether (sulfide) groups is 1.